The molecule has 1 aromatic heterocycles. The molecule has 1 heterocycles. The molecule has 1 aromatic carbocycles. The number of imidazole rings is 1. The molecule has 3 rings (SSSR count). The van der Waals surface area contributed by atoms with Crippen LogP contribution in [-0.2, 0) is 11.0 Å². The summed E-state index contributed by atoms with van der Waals surface area (Å²) in [7, 11) is -2.04. The van der Waals surface area contributed by atoms with Crippen LogP contribution in [0.2, 0.25) is 18.1 Å². The van der Waals surface area contributed by atoms with Crippen LogP contribution in [0.5, 0.6) is 0 Å². The number of hydrogen-bond acceptors (Lipinski definition) is 2. The number of alkyl halides is 2. The Morgan fingerprint density at radius 2 is 1.92 bits per heavy atom. The van der Waals surface area contributed by atoms with E-state index in [0.717, 1.165) is 0 Å². The van der Waals surface area contributed by atoms with Crippen molar-refractivity contribution in [2.24, 2.45) is 0 Å². The summed E-state index contributed by atoms with van der Waals surface area (Å²) in [5.41, 5.74) is 0.739. The normalized spacial score (nSPS) is 18.3. The zero-order valence-corrected chi connectivity index (χ0v) is 18.3. The number of fused-ring (bicyclic) bond motifs is 1. The van der Waals surface area contributed by atoms with Gasteiger partial charge in [0.15, 0.2) is 14.1 Å². The van der Waals surface area contributed by atoms with Gasteiger partial charge in [-0.05, 0) is 30.3 Å². The predicted molar refractivity (Wildman–Crippen MR) is 103 cm³/mol. The maximum absolute atomic E-state index is 14.4. The molecule has 0 N–H and O–H groups in total. The van der Waals surface area contributed by atoms with Gasteiger partial charge >= 0.3 is 0 Å². The van der Waals surface area contributed by atoms with Gasteiger partial charge in [0.05, 0.1) is 12.1 Å². The van der Waals surface area contributed by atoms with Crippen LogP contribution in [0.15, 0.2) is 16.6 Å². The zero-order valence-electron chi connectivity index (χ0n) is 15.7. The predicted octanol–water partition coefficient (Wildman–Crippen LogP) is 6.43. The molecule has 1 fully saturated rings. The largest absolute Gasteiger partial charge is 0.409 e. The quantitative estimate of drug-likeness (QED) is 0.503. The highest BCUT2D eigenvalue weighted by Gasteiger charge is 2.47. The van der Waals surface area contributed by atoms with Gasteiger partial charge in [-0.1, -0.05) is 36.7 Å². The van der Waals surface area contributed by atoms with Gasteiger partial charge in [0.2, 0.25) is 0 Å². The first kappa shape index (κ1) is 19.9. The zero-order chi connectivity index (χ0) is 19.5. The number of hydrogen-bond donors (Lipinski definition) is 0. The number of benzene rings is 1. The minimum Gasteiger partial charge on any atom is -0.409 e. The van der Waals surface area contributed by atoms with Crippen LogP contribution in [0.1, 0.15) is 45.5 Å². The lowest BCUT2D eigenvalue weighted by atomic mass is 9.87. The van der Waals surface area contributed by atoms with Crippen molar-refractivity contribution >= 4 is 35.3 Å². The summed E-state index contributed by atoms with van der Waals surface area (Å²) in [6.45, 7) is 10.8. The Bertz CT molecular complexity index is 837. The Balaban J connectivity index is 2.00. The van der Waals surface area contributed by atoms with Crippen molar-refractivity contribution in [3.63, 3.8) is 0 Å². The molecule has 1 aliphatic rings. The summed E-state index contributed by atoms with van der Waals surface area (Å²) in [5.74, 6) is -2.61. The number of halogens is 4. The summed E-state index contributed by atoms with van der Waals surface area (Å²) in [4.78, 5) is 4.41. The Morgan fingerprint density at radius 3 is 2.46 bits per heavy atom. The molecule has 0 aliphatic heterocycles. The van der Waals surface area contributed by atoms with E-state index in [2.05, 4.69) is 54.8 Å². The van der Waals surface area contributed by atoms with Gasteiger partial charge < -0.3 is 8.99 Å². The minimum atomic E-state index is -2.66. The minimum absolute atomic E-state index is 0.0155. The fraction of sp³-hybridized carbons (Fsp3) is 0.611. The van der Waals surface area contributed by atoms with Crippen molar-refractivity contribution in [3.05, 3.63) is 28.2 Å². The molecule has 144 valence electrons. The summed E-state index contributed by atoms with van der Waals surface area (Å²) in [6, 6.07) is 2.69. The first-order chi connectivity index (χ1) is 11.8. The van der Waals surface area contributed by atoms with Crippen molar-refractivity contribution in [1.29, 1.82) is 0 Å². The van der Waals surface area contributed by atoms with Crippen molar-refractivity contribution in [3.8, 4) is 0 Å². The standard InChI is InChI=1S/C18H24BrF3N2OSi/c1-17(2,3)26(4,5)25-10-15-23-16-13(20)6-11(19)7-14(16)24(15)12-8-18(21,22)9-12/h6-7,12H,8-10H2,1-5H3. The number of nitrogens with zero attached hydrogens (tertiary/aromatic N) is 2. The van der Waals surface area contributed by atoms with Gasteiger partial charge in [-0.15, -0.1) is 0 Å². The summed E-state index contributed by atoms with van der Waals surface area (Å²) >= 11 is 3.28. The van der Waals surface area contributed by atoms with Gasteiger partial charge in [-0.25, -0.2) is 18.2 Å². The number of rotatable bonds is 4. The van der Waals surface area contributed by atoms with Crippen LogP contribution in [0, 0.1) is 5.82 Å². The Hall–Kier alpha value is -0.863. The molecule has 2 aromatic rings. The average Bonchev–Trinajstić information content (AvgIpc) is 2.79. The second-order valence-electron chi connectivity index (χ2n) is 8.62. The second-order valence-corrected chi connectivity index (χ2v) is 14.3. The molecular weight excluding hydrogens is 425 g/mol. The van der Waals surface area contributed by atoms with E-state index in [4.69, 9.17) is 4.43 Å². The van der Waals surface area contributed by atoms with Gasteiger partial charge in [-0.3, -0.25) is 0 Å². The Morgan fingerprint density at radius 1 is 1.31 bits per heavy atom. The van der Waals surface area contributed by atoms with Crippen molar-refractivity contribution < 1.29 is 17.6 Å². The van der Waals surface area contributed by atoms with Crippen LogP contribution in [-0.4, -0.2) is 23.8 Å². The van der Waals surface area contributed by atoms with Crippen molar-refractivity contribution in [1.82, 2.24) is 9.55 Å². The molecule has 1 saturated carbocycles. The third-order valence-corrected chi connectivity index (χ3v) is 10.5. The SMILES string of the molecule is CC(C)(C)[Si](C)(C)OCc1nc2c(F)cc(Br)cc2n1C1CC(F)(F)C1. The molecule has 26 heavy (non-hydrogen) atoms. The van der Waals surface area contributed by atoms with Crippen LogP contribution < -0.4 is 0 Å². The summed E-state index contributed by atoms with van der Waals surface area (Å²) < 4.78 is 49.8. The lowest BCUT2D eigenvalue weighted by Crippen LogP contribution is -2.41. The second kappa shape index (κ2) is 6.34. The third-order valence-electron chi connectivity index (χ3n) is 5.59. The van der Waals surface area contributed by atoms with E-state index in [-0.39, 0.29) is 36.0 Å². The van der Waals surface area contributed by atoms with E-state index in [0.29, 0.717) is 15.8 Å². The maximum atomic E-state index is 14.4. The lowest BCUT2D eigenvalue weighted by Gasteiger charge is -2.38. The molecule has 0 unspecified atom stereocenters. The Kier molecular flexibility index (Phi) is 4.85. The molecule has 8 heteroatoms. The molecule has 0 bridgehead atoms. The van der Waals surface area contributed by atoms with E-state index in [9.17, 15) is 13.2 Å². The van der Waals surface area contributed by atoms with E-state index in [1.54, 1.807) is 10.6 Å². The monoisotopic (exact) mass is 448 g/mol. The fourth-order valence-corrected chi connectivity index (χ4v) is 4.29. The lowest BCUT2D eigenvalue weighted by molar-refractivity contribution is -0.104. The van der Waals surface area contributed by atoms with E-state index >= 15 is 0 Å². The van der Waals surface area contributed by atoms with Gasteiger partial charge in [0.1, 0.15) is 11.3 Å². The van der Waals surface area contributed by atoms with Crippen LogP contribution in [0.3, 0.4) is 0 Å². The van der Waals surface area contributed by atoms with Crippen LogP contribution in [0.25, 0.3) is 11.0 Å². The molecule has 1 aliphatic carbocycles. The van der Waals surface area contributed by atoms with Crippen LogP contribution >= 0.6 is 15.9 Å². The average molecular weight is 449 g/mol. The first-order valence-electron chi connectivity index (χ1n) is 8.68. The molecule has 0 amide bonds. The molecule has 3 nitrogen and oxygen atoms in total. The van der Waals surface area contributed by atoms with Gasteiger partial charge in [0.25, 0.3) is 5.92 Å². The van der Waals surface area contributed by atoms with E-state index < -0.39 is 20.1 Å². The van der Waals surface area contributed by atoms with Gasteiger partial charge in [-0.2, -0.15) is 0 Å². The summed E-state index contributed by atoms with van der Waals surface area (Å²) in [6.07, 6.45) is -0.501. The Labute approximate surface area is 161 Å². The maximum Gasteiger partial charge on any atom is 0.252 e. The molecule has 0 atom stereocenters. The van der Waals surface area contributed by atoms with Crippen molar-refractivity contribution in [2.75, 3.05) is 0 Å². The number of aromatic nitrogens is 2. The first-order valence-corrected chi connectivity index (χ1v) is 12.4. The highest BCUT2D eigenvalue weighted by Crippen LogP contribution is 2.47. The molecular formula is C18H24BrF3N2OSi. The molecule has 0 saturated heterocycles. The van der Waals surface area contributed by atoms with E-state index in [1.165, 1.54) is 6.07 Å². The highest BCUT2D eigenvalue weighted by molar-refractivity contribution is 9.10. The smallest absolute Gasteiger partial charge is 0.252 e. The highest BCUT2D eigenvalue weighted by atomic mass is 79.9. The third kappa shape index (κ3) is 3.60. The van der Waals surface area contributed by atoms with E-state index in [1.807, 2.05) is 0 Å². The fourth-order valence-electron chi connectivity index (χ4n) is 2.95. The van der Waals surface area contributed by atoms with Crippen LogP contribution in [0.4, 0.5) is 13.2 Å². The molecule has 0 spiro atoms. The van der Waals surface area contributed by atoms with Crippen molar-refractivity contribution in [2.45, 2.75) is 70.3 Å². The molecule has 0 radical (unpaired) electrons. The topological polar surface area (TPSA) is 27.1 Å². The van der Waals surface area contributed by atoms with Gasteiger partial charge in [0, 0.05) is 23.4 Å². The summed E-state index contributed by atoms with van der Waals surface area (Å²) in [5, 5.41) is 0.0155.